The summed E-state index contributed by atoms with van der Waals surface area (Å²) in [5.41, 5.74) is -0.995. The molecule has 0 fully saturated rings. The van der Waals surface area contributed by atoms with Gasteiger partial charge in [0.1, 0.15) is 5.75 Å². The number of hydrogen-bond donors (Lipinski definition) is 1. The van der Waals surface area contributed by atoms with Crippen LogP contribution in [-0.4, -0.2) is 10.1 Å². The Kier molecular flexibility index (Phi) is 2.53. The fraction of sp³-hybridized carbons (Fsp3) is 0.100. The van der Waals surface area contributed by atoms with Crippen molar-refractivity contribution >= 4 is 26.8 Å². The molecule has 2 aromatic rings. The summed E-state index contributed by atoms with van der Waals surface area (Å²) in [6.45, 7) is 0. The van der Waals surface area contributed by atoms with E-state index in [0.717, 1.165) is 12.3 Å². The molecule has 84 valence electrons. The van der Waals surface area contributed by atoms with Crippen LogP contribution in [0.1, 0.15) is 5.56 Å². The second kappa shape index (κ2) is 3.62. The zero-order valence-electron chi connectivity index (χ0n) is 7.72. The van der Waals surface area contributed by atoms with Crippen LogP contribution >= 0.6 is 15.9 Å². The molecule has 0 bridgehead atoms. The van der Waals surface area contributed by atoms with Crippen LogP contribution < -0.4 is 0 Å². The van der Waals surface area contributed by atoms with Crippen LogP contribution in [0.3, 0.4) is 0 Å². The molecule has 0 aliphatic carbocycles. The fourth-order valence-electron chi connectivity index (χ4n) is 1.41. The summed E-state index contributed by atoms with van der Waals surface area (Å²) in [5.74, 6) is -0.188. The third-order valence-corrected chi connectivity index (χ3v) is 2.95. The molecule has 2 nitrogen and oxygen atoms in total. The topological polar surface area (TPSA) is 33.1 Å². The van der Waals surface area contributed by atoms with Crippen LogP contribution in [-0.2, 0) is 6.18 Å². The minimum absolute atomic E-state index is 0.181. The van der Waals surface area contributed by atoms with Gasteiger partial charge in [-0.15, -0.1) is 0 Å². The second-order valence-corrected chi connectivity index (χ2v) is 3.95. The summed E-state index contributed by atoms with van der Waals surface area (Å²) >= 11 is 3.02. The number of pyridine rings is 1. The average molecular weight is 292 g/mol. The molecule has 1 aromatic carbocycles. The molecule has 0 atom stereocenters. The molecule has 0 spiro atoms. The molecule has 0 aliphatic rings. The molecule has 1 N–H and O–H groups in total. The molecular formula is C10H5BrF3NO. The van der Waals surface area contributed by atoms with Crippen LogP contribution in [0.15, 0.2) is 28.9 Å². The largest absolute Gasteiger partial charge is 0.505 e. The maximum absolute atomic E-state index is 12.6. The third-order valence-electron chi connectivity index (χ3n) is 2.12. The predicted octanol–water partition coefficient (Wildman–Crippen LogP) is 3.72. The van der Waals surface area contributed by atoms with Crippen molar-refractivity contribution in [2.75, 3.05) is 0 Å². The quantitative estimate of drug-likeness (QED) is 0.802. The van der Waals surface area contributed by atoms with Crippen molar-refractivity contribution in [3.05, 3.63) is 34.4 Å². The number of alkyl halides is 3. The number of fused-ring (bicyclic) bond motifs is 1. The van der Waals surface area contributed by atoms with Crippen molar-refractivity contribution < 1.29 is 18.3 Å². The van der Waals surface area contributed by atoms with Gasteiger partial charge in [-0.05, 0) is 22.0 Å². The van der Waals surface area contributed by atoms with Gasteiger partial charge in [0.25, 0.3) is 0 Å². The number of halogens is 4. The number of benzene rings is 1. The van der Waals surface area contributed by atoms with E-state index in [1.165, 1.54) is 12.1 Å². The number of aromatic hydroxyl groups is 1. The molecule has 1 aromatic heterocycles. The average Bonchev–Trinajstić information content (AvgIpc) is 2.21. The van der Waals surface area contributed by atoms with Crippen molar-refractivity contribution in [1.82, 2.24) is 4.98 Å². The van der Waals surface area contributed by atoms with E-state index >= 15 is 0 Å². The number of para-hydroxylation sites is 1. The van der Waals surface area contributed by atoms with Gasteiger partial charge in [-0.2, -0.15) is 13.2 Å². The Hall–Kier alpha value is -1.30. The van der Waals surface area contributed by atoms with Gasteiger partial charge < -0.3 is 5.11 Å². The first-order valence-corrected chi connectivity index (χ1v) is 5.04. The Morgan fingerprint density at radius 3 is 2.56 bits per heavy atom. The van der Waals surface area contributed by atoms with Gasteiger partial charge in [-0.25, -0.2) is 0 Å². The van der Waals surface area contributed by atoms with Crippen LogP contribution in [0.5, 0.6) is 5.75 Å². The molecular weight excluding hydrogens is 287 g/mol. The summed E-state index contributed by atoms with van der Waals surface area (Å²) < 4.78 is 38.1. The van der Waals surface area contributed by atoms with Gasteiger partial charge >= 0.3 is 6.18 Å². The minimum atomic E-state index is -4.46. The van der Waals surface area contributed by atoms with E-state index in [0.29, 0.717) is 0 Å². The van der Waals surface area contributed by atoms with Gasteiger partial charge in [-0.1, -0.05) is 12.1 Å². The van der Waals surface area contributed by atoms with Gasteiger partial charge in [0.05, 0.1) is 21.7 Å². The standard InChI is InChI=1S/C10H5BrF3NO/c11-8-5-2-1-3-6(10(12,13)14)9(5)15-4-7(8)16/h1-4,16H. The Morgan fingerprint density at radius 2 is 1.94 bits per heavy atom. The van der Waals surface area contributed by atoms with E-state index < -0.39 is 11.7 Å². The lowest BCUT2D eigenvalue weighted by molar-refractivity contribution is -0.136. The predicted molar refractivity (Wildman–Crippen MR) is 56.1 cm³/mol. The number of rotatable bonds is 0. The normalized spacial score (nSPS) is 12.0. The Morgan fingerprint density at radius 1 is 1.25 bits per heavy atom. The number of hydrogen-bond acceptors (Lipinski definition) is 2. The van der Waals surface area contributed by atoms with E-state index in [1.807, 2.05) is 0 Å². The van der Waals surface area contributed by atoms with E-state index in [2.05, 4.69) is 20.9 Å². The van der Waals surface area contributed by atoms with Gasteiger partial charge in [0.15, 0.2) is 0 Å². The summed E-state index contributed by atoms with van der Waals surface area (Å²) in [5, 5.41) is 9.55. The second-order valence-electron chi connectivity index (χ2n) is 3.16. The van der Waals surface area contributed by atoms with E-state index in [4.69, 9.17) is 0 Å². The lowest BCUT2D eigenvalue weighted by Gasteiger charge is -2.10. The van der Waals surface area contributed by atoms with Crippen molar-refractivity contribution in [3.63, 3.8) is 0 Å². The molecule has 6 heteroatoms. The molecule has 0 aliphatic heterocycles. The molecule has 1 heterocycles. The van der Waals surface area contributed by atoms with E-state index in [1.54, 1.807) is 0 Å². The third kappa shape index (κ3) is 1.73. The number of aromatic nitrogens is 1. The van der Waals surface area contributed by atoms with Crippen molar-refractivity contribution in [1.29, 1.82) is 0 Å². The lowest BCUT2D eigenvalue weighted by atomic mass is 10.1. The van der Waals surface area contributed by atoms with Crippen LogP contribution in [0.25, 0.3) is 10.9 Å². The first kappa shape index (κ1) is 11.2. The van der Waals surface area contributed by atoms with Crippen LogP contribution in [0.2, 0.25) is 0 Å². The summed E-state index contributed by atoms with van der Waals surface area (Å²) in [7, 11) is 0. The molecule has 0 unspecified atom stereocenters. The minimum Gasteiger partial charge on any atom is -0.505 e. The van der Waals surface area contributed by atoms with E-state index in [9.17, 15) is 18.3 Å². The highest BCUT2D eigenvalue weighted by Crippen LogP contribution is 2.38. The van der Waals surface area contributed by atoms with Crippen molar-refractivity contribution in [2.45, 2.75) is 6.18 Å². The summed E-state index contributed by atoms with van der Waals surface area (Å²) in [4.78, 5) is 3.61. The molecule has 2 rings (SSSR count). The molecule has 0 amide bonds. The lowest BCUT2D eigenvalue weighted by Crippen LogP contribution is -2.06. The maximum atomic E-state index is 12.6. The van der Waals surface area contributed by atoms with E-state index in [-0.39, 0.29) is 21.1 Å². The Bertz CT molecular complexity index is 553. The van der Waals surface area contributed by atoms with Gasteiger partial charge in [0.2, 0.25) is 0 Å². The summed E-state index contributed by atoms with van der Waals surface area (Å²) in [6.07, 6.45) is -3.47. The fourth-order valence-corrected chi connectivity index (χ4v) is 1.83. The highest BCUT2D eigenvalue weighted by molar-refractivity contribution is 9.10. The number of nitrogens with zero attached hydrogens (tertiary/aromatic N) is 1. The molecule has 0 radical (unpaired) electrons. The van der Waals surface area contributed by atoms with Crippen molar-refractivity contribution in [2.24, 2.45) is 0 Å². The smallest absolute Gasteiger partial charge is 0.418 e. The zero-order valence-corrected chi connectivity index (χ0v) is 9.30. The Balaban J connectivity index is 2.85. The van der Waals surface area contributed by atoms with Gasteiger partial charge in [0, 0.05) is 5.39 Å². The zero-order chi connectivity index (χ0) is 11.9. The molecule has 16 heavy (non-hydrogen) atoms. The highest BCUT2D eigenvalue weighted by atomic mass is 79.9. The first-order chi connectivity index (χ1) is 7.41. The van der Waals surface area contributed by atoms with Crippen LogP contribution in [0.4, 0.5) is 13.2 Å². The maximum Gasteiger partial charge on any atom is 0.418 e. The summed E-state index contributed by atoms with van der Waals surface area (Å²) in [6, 6.07) is 3.69. The van der Waals surface area contributed by atoms with Crippen molar-refractivity contribution in [3.8, 4) is 5.75 Å². The van der Waals surface area contributed by atoms with Gasteiger partial charge in [-0.3, -0.25) is 4.98 Å². The monoisotopic (exact) mass is 291 g/mol. The first-order valence-electron chi connectivity index (χ1n) is 4.24. The Labute approximate surface area is 96.9 Å². The molecule has 0 saturated heterocycles. The SMILES string of the molecule is Oc1cnc2c(C(F)(F)F)cccc2c1Br. The molecule has 0 saturated carbocycles. The van der Waals surface area contributed by atoms with Crippen LogP contribution in [0, 0.1) is 0 Å². The highest BCUT2D eigenvalue weighted by Gasteiger charge is 2.33.